The topological polar surface area (TPSA) is 67.4 Å². The maximum absolute atomic E-state index is 12.2. The summed E-state index contributed by atoms with van der Waals surface area (Å²) in [6.07, 6.45) is 1.63. The van der Waals surface area contributed by atoms with Crippen LogP contribution in [0, 0.1) is 6.92 Å². The molecule has 1 rings (SSSR count). The fraction of sp³-hybridized carbons (Fsp3) is 0.714. The van der Waals surface area contributed by atoms with Crippen LogP contribution in [-0.2, 0) is 21.3 Å². The van der Waals surface area contributed by atoms with E-state index < -0.39 is 10.0 Å². The van der Waals surface area contributed by atoms with Gasteiger partial charge >= 0.3 is 0 Å². The second kappa shape index (κ2) is 8.85. The van der Waals surface area contributed by atoms with E-state index in [1.807, 2.05) is 6.92 Å². The van der Waals surface area contributed by atoms with Gasteiger partial charge in [0.2, 0.25) is 10.0 Å². The summed E-state index contributed by atoms with van der Waals surface area (Å²) in [5.74, 6) is 0. The average molecular weight is 335 g/mol. The Bertz CT molecular complexity index is 524. The smallest absolute Gasteiger partial charge is 0.250 e. The Labute approximate surface area is 132 Å². The molecule has 0 aliphatic carbocycles. The van der Waals surface area contributed by atoms with Crippen molar-refractivity contribution in [3.05, 3.63) is 16.5 Å². The van der Waals surface area contributed by atoms with E-state index in [4.69, 9.17) is 4.74 Å². The minimum Gasteiger partial charge on any atom is -0.385 e. The fourth-order valence-corrected chi connectivity index (χ4v) is 4.40. The fourth-order valence-electron chi connectivity index (χ4n) is 1.74. The Kier molecular flexibility index (Phi) is 7.83. The van der Waals surface area contributed by atoms with E-state index in [-0.39, 0.29) is 0 Å². The first kappa shape index (κ1) is 18.6. The summed E-state index contributed by atoms with van der Waals surface area (Å²) in [6, 6.07) is 2.13. The van der Waals surface area contributed by atoms with E-state index in [9.17, 15) is 8.42 Å². The molecule has 0 fully saturated rings. The molecule has 0 aromatic carbocycles. The molecule has 0 amide bonds. The largest absolute Gasteiger partial charge is 0.385 e. The second-order valence-corrected chi connectivity index (χ2v) is 8.44. The van der Waals surface area contributed by atoms with Gasteiger partial charge in [-0.15, -0.1) is 11.3 Å². The lowest BCUT2D eigenvalue weighted by atomic mass is 10.3. The molecule has 0 unspecified atom stereocenters. The second-order valence-electron chi connectivity index (χ2n) is 5.30. The highest BCUT2D eigenvalue weighted by atomic mass is 32.2. The summed E-state index contributed by atoms with van der Waals surface area (Å²) in [5, 5.41) is 3.32. The number of hydrogen-bond donors (Lipinski definition) is 2. The Balaban J connectivity index is 2.60. The number of nitrogens with one attached hydrogen (secondary N) is 2. The molecule has 0 aliphatic heterocycles. The summed E-state index contributed by atoms with van der Waals surface area (Å²) >= 11 is 1.34. The first-order valence-electron chi connectivity index (χ1n) is 7.18. The van der Waals surface area contributed by atoms with E-state index in [1.165, 1.54) is 11.3 Å². The highest BCUT2D eigenvalue weighted by Gasteiger charge is 2.18. The molecule has 0 bridgehead atoms. The SMILES string of the molecule is COCCCCNS(=O)(=O)c1cc(C)c(CNC(C)C)s1. The van der Waals surface area contributed by atoms with Crippen molar-refractivity contribution in [3.63, 3.8) is 0 Å². The van der Waals surface area contributed by atoms with E-state index in [2.05, 4.69) is 23.9 Å². The normalized spacial score (nSPS) is 12.2. The van der Waals surface area contributed by atoms with Crippen molar-refractivity contribution >= 4 is 21.4 Å². The third-order valence-electron chi connectivity index (χ3n) is 3.00. The molecule has 0 spiro atoms. The van der Waals surface area contributed by atoms with Crippen molar-refractivity contribution in [2.75, 3.05) is 20.3 Å². The Hall–Kier alpha value is -0.470. The number of aryl methyl sites for hydroxylation is 1. The molecule has 5 nitrogen and oxygen atoms in total. The van der Waals surface area contributed by atoms with Crippen molar-refractivity contribution in [1.29, 1.82) is 0 Å². The molecule has 1 aromatic rings. The third kappa shape index (κ3) is 6.44. The van der Waals surface area contributed by atoms with E-state index in [1.54, 1.807) is 13.2 Å². The van der Waals surface area contributed by atoms with Crippen molar-refractivity contribution in [1.82, 2.24) is 10.0 Å². The van der Waals surface area contributed by atoms with Gasteiger partial charge in [0.05, 0.1) is 0 Å². The summed E-state index contributed by atoms with van der Waals surface area (Å²) < 4.78 is 32.4. The van der Waals surface area contributed by atoms with E-state index >= 15 is 0 Å². The van der Waals surface area contributed by atoms with Crippen LogP contribution in [0.5, 0.6) is 0 Å². The van der Waals surface area contributed by atoms with Crippen molar-refractivity contribution < 1.29 is 13.2 Å². The van der Waals surface area contributed by atoms with Gasteiger partial charge in [-0.3, -0.25) is 0 Å². The van der Waals surface area contributed by atoms with E-state index in [0.717, 1.165) is 23.3 Å². The number of sulfonamides is 1. The molecule has 2 N–H and O–H groups in total. The maximum atomic E-state index is 12.2. The predicted molar refractivity (Wildman–Crippen MR) is 87.3 cm³/mol. The standard InChI is InChI=1S/C14H26N2O3S2/c1-11(2)15-10-13-12(3)9-14(20-13)21(17,18)16-7-5-6-8-19-4/h9,11,15-16H,5-8,10H2,1-4H3. The van der Waals surface area contributed by atoms with Crippen molar-refractivity contribution in [2.24, 2.45) is 0 Å². The highest BCUT2D eigenvalue weighted by Crippen LogP contribution is 2.25. The van der Waals surface area contributed by atoms with Crippen LogP contribution in [-0.4, -0.2) is 34.7 Å². The van der Waals surface area contributed by atoms with Crippen molar-refractivity contribution in [2.45, 2.75) is 50.4 Å². The number of ether oxygens (including phenoxy) is 1. The molecular formula is C14H26N2O3S2. The molecule has 7 heteroatoms. The zero-order chi connectivity index (χ0) is 15.9. The molecule has 1 aromatic heterocycles. The minimum atomic E-state index is -3.39. The van der Waals surface area contributed by atoms with Crippen LogP contribution < -0.4 is 10.0 Å². The molecular weight excluding hydrogens is 308 g/mol. The zero-order valence-corrected chi connectivity index (χ0v) is 14.9. The van der Waals surface area contributed by atoms with Gasteiger partial charge in [0.1, 0.15) is 4.21 Å². The summed E-state index contributed by atoms with van der Waals surface area (Å²) in [5.41, 5.74) is 1.02. The molecule has 0 radical (unpaired) electrons. The number of unbranched alkanes of at least 4 members (excludes halogenated alkanes) is 1. The third-order valence-corrected chi connectivity index (χ3v) is 6.17. The Morgan fingerprint density at radius 2 is 2.05 bits per heavy atom. The lowest BCUT2D eigenvalue weighted by Crippen LogP contribution is -2.24. The van der Waals surface area contributed by atoms with Gasteiger partial charge in [-0.05, 0) is 31.4 Å². The predicted octanol–water partition coefficient (Wildman–Crippen LogP) is 2.26. The number of methoxy groups -OCH3 is 1. The monoisotopic (exact) mass is 334 g/mol. The Morgan fingerprint density at radius 3 is 2.67 bits per heavy atom. The molecule has 0 saturated carbocycles. The Morgan fingerprint density at radius 1 is 1.33 bits per heavy atom. The number of rotatable bonds is 10. The van der Waals surface area contributed by atoms with Crippen molar-refractivity contribution in [3.8, 4) is 0 Å². The van der Waals surface area contributed by atoms with Crippen LogP contribution in [0.15, 0.2) is 10.3 Å². The number of hydrogen-bond acceptors (Lipinski definition) is 5. The lowest BCUT2D eigenvalue weighted by molar-refractivity contribution is 0.193. The average Bonchev–Trinajstić information content (AvgIpc) is 2.78. The number of thiophene rings is 1. The van der Waals surface area contributed by atoms with Crippen LogP contribution >= 0.6 is 11.3 Å². The van der Waals surface area contributed by atoms with Gasteiger partial charge < -0.3 is 10.1 Å². The maximum Gasteiger partial charge on any atom is 0.250 e. The van der Waals surface area contributed by atoms with Gasteiger partial charge in [0, 0.05) is 37.7 Å². The minimum absolute atomic E-state index is 0.380. The van der Waals surface area contributed by atoms with Gasteiger partial charge in [0.15, 0.2) is 0 Å². The summed E-state index contributed by atoms with van der Waals surface area (Å²) in [7, 11) is -1.74. The molecule has 0 saturated heterocycles. The van der Waals surface area contributed by atoms with E-state index in [0.29, 0.717) is 29.9 Å². The van der Waals surface area contributed by atoms with Gasteiger partial charge in [-0.1, -0.05) is 13.8 Å². The zero-order valence-electron chi connectivity index (χ0n) is 13.2. The van der Waals surface area contributed by atoms with Crippen LogP contribution in [0.2, 0.25) is 0 Å². The van der Waals surface area contributed by atoms with Crippen LogP contribution in [0.1, 0.15) is 37.1 Å². The first-order valence-corrected chi connectivity index (χ1v) is 9.48. The van der Waals surface area contributed by atoms with Gasteiger partial charge in [0.25, 0.3) is 0 Å². The molecule has 21 heavy (non-hydrogen) atoms. The quantitative estimate of drug-likeness (QED) is 0.644. The van der Waals surface area contributed by atoms with Gasteiger partial charge in [-0.25, -0.2) is 13.1 Å². The molecule has 0 aliphatic rings. The molecule has 1 heterocycles. The lowest BCUT2D eigenvalue weighted by Gasteiger charge is -2.06. The summed E-state index contributed by atoms with van der Waals surface area (Å²) in [6.45, 7) is 7.90. The van der Waals surface area contributed by atoms with Crippen LogP contribution in [0.25, 0.3) is 0 Å². The highest BCUT2D eigenvalue weighted by molar-refractivity contribution is 7.91. The van der Waals surface area contributed by atoms with Gasteiger partial charge in [-0.2, -0.15) is 0 Å². The van der Waals surface area contributed by atoms with Crippen LogP contribution in [0.4, 0.5) is 0 Å². The summed E-state index contributed by atoms with van der Waals surface area (Å²) in [4.78, 5) is 1.07. The molecule has 0 atom stereocenters. The van der Waals surface area contributed by atoms with Crippen LogP contribution in [0.3, 0.4) is 0 Å². The molecule has 122 valence electrons. The first-order chi connectivity index (χ1) is 9.86.